The molecule has 0 N–H and O–H groups in total. The molecule has 0 saturated carbocycles. The van der Waals surface area contributed by atoms with Crippen LogP contribution in [0.25, 0.3) is 23.3 Å². The number of nitrogens with zero attached hydrogens (tertiary/aromatic N) is 2. The highest BCUT2D eigenvalue weighted by Gasteiger charge is 2.21. The monoisotopic (exact) mass is 576 g/mol. The molecular weight excluding hydrogens is 543 g/mol. The Morgan fingerprint density at radius 2 is 1.49 bits per heavy atom. The minimum absolute atomic E-state index is 0.0752. The van der Waals surface area contributed by atoms with E-state index in [1.165, 1.54) is 10.7 Å². The van der Waals surface area contributed by atoms with Crippen LogP contribution in [0.1, 0.15) is 27.9 Å². The van der Waals surface area contributed by atoms with E-state index in [4.69, 9.17) is 14.2 Å². The Labute approximate surface area is 250 Å². The van der Waals surface area contributed by atoms with Crippen molar-refractivity contribution in [2.45, 2.75) is 26.5 Å². The summed E-state index contributed by atoms with van der Waals surface area (Å²) < 4.78 is 33.6. The van der Waals surface area contributed by atoms with Gasteiger partial charge in [-0.2, -0.15) is 5.10 Å². The molecule has 6 nitrogen and oxygen atoms in total. The zero-order valence-corrected chi connectivity index (χ0v) is 24.4. The van der Waals surface area contributed by atoms with Crippen molar-refractivity contribution in [2.75, 3.05) is 14.2 Å². The zero-order valence-electron chi connectivity index (χ0n) is 24.4. The number of para-hydroxylation sites is 1. The molecule has 0 saturated heterocycles. The van der Waals surface area contributed by atoms with Gasteiger partial charge in [-0.15, -0.1) is 0 Å². The first-order chi connectivity index (χ1) is 21.0. The summed E-state index contributed by atoms with van der Waals surface area (Å²) in [7, 11) is 3.20. The molecule has 0 aliphatic rings. The van der Waals surface area contributed by atoms with Crippen molar-refractivity contribution in [1.29, 1.82) is 0 Å². The average molecular weight is 577 g/mol. The largest absolute Gasteiger partial charge is 0.497 e. The second kappa shape index (κ2) is 13.7. The van der Waals surface area contributed by atoms with E-state index in [1.54, 1.807) is 38.5 Å². The molecule has 7 heteroatoms. The Bertz CT molecular complexity index is 1760. The molecule has 0 aliphatic carbocycles. The number of methoxy groups -OCH3 is 2. The maximum atomic E-state index is 15.3. The van der Waals surface area contributed by atoms with Crippen LogP contribution in [0.5, 0.6) is 17.2 Å². The lowest BCUT2D eigenvalue weighted by molar-refractivity contribution is 0.291. The van der Waals surface area contributed by atoms with Crippen LogP contribution in [0.2, 0.25) is 0 Å². The van der Waals surface area contributed by atoms with Crippen molar-refractivity contribution in [3.8, 4) is 28.4 Å². The Hall–Kier alpha value is -5.17. The van der Waals surface area contributed by atoms with Gasteiger partial charge in [-0.25, -0.2) is 9.07 Å². The fraction of sp³-hybridized carbons (Fsp3) is 0.167. The minimum atomic E-state index is -0.512. The summed E-state index contributed by atoms with van der Waals surface area (Å²) in [6, 6.07) is 29.6. The molecule has 0 fully saturated rings. The smallest absolute Gasteiger partial charge is 0.274 e. The summed E-state index contributed by atoms with van der Waals surface area (Å²) in [4.78, 5) is 14.0. The lowest BCUT2D eigenvalue weighted by atomic mass is 9.97. The molecule has 0 aliphatic heterocycles. The van der Waals surface area contributed by atoms with Crippen LogP contribution in [0, 0.1) is 12.7 Å². The van der Waals surface area contributed by atoms with Gasteiger partial charge in [0.05, 0.1) is 25.5 Å². The number of halogens is 1. The van der Waals surface area contributed by atoms with Crippen LogP contribution < -0.4 is 19.8 Å². The summed E-state index contributed by atoms with van der Waals surface area (Å²) in [5.41, 5.74) is 4.45. The number of benzene rings is 4. The predicted molar refractivity (Wildman–Crippen MR) is 168 cm³/mol. The summed E-state index contributed by atoms with van der Waals surface area (Å²) in [5.74, 6) is 0.900. The van der Waals surface area contributed by atoms with Crippen LogP contribution >= 0.6 is 0 Å². The summed E-state index contributed by atoms with van der Waals surface area (Å²) in [5, 5.41) is 4.68. The van der Waals surface area contributed by atoms with Crippen molar-refractivity contribution >= 4 is 12.2 Å². The highest BCUT2D eigenvalue weighted by molar-refractivity contribution is 5.84. The number of ether oxygens (including phenoxy) is 3. The Morgan fingerprint density at radius 1 is 0.814 bits per heavy atom. The fourth-order valence-corrected chi connectivity index (χ4v) is 4.94. The normalized spacial score (nSPS) is 11.1. The van der Waals surface area contributed by atoms with E-state index in [9.17, 15) is 4.79 Å². The molecule has 0 spiro atoms. The van der Waals surface area contributed by atoms with Crippen molar-refractivity contribution in [2.24, 2.45) is 0 Å². The average Bonchev–Trinajstić information content (AvgIpc) is 3.04. The third kappa shape index (κ3) is 7.01. The molecule has 5 aromatic rings. The third-order valence-electron chi connectivity index (χ3n) is 7.09. The maximum absolute atomic E-state index is 15.3. The van der Waals surface area contributed by atoms with E-state index < -0.39 is 5.82 Å². The van der Waals surface area contributed by atoms with Gasteiger partial charge in [0.1, 0.15) is 18.1 Å². The second-order valence-corrected chi connectivity index (χ2v) is 10.0. The molecular formula is C36H33FN2O4. The van der Waals surface area contributed by atoms with Crippen molar-refractivity contribution in [1.82, 2.24) is 9.78 Å². The number of aromatic nitrogens is 2. The van der Waals surface area contributed by atoms with E-state index in [1.807, 2.05) is 85.8 Å². The lowest BCUT2D eigenvalue weighted by Gasteiger charge is -2.17. The highest BCUT2D eigenvalue weighted by atomic mass is 19.1. The number of aryl methyl sites for hydroxylation is 3. The number of hydrogen-bond acceptors (Lipinski definition) is 5. The molecule has 1 heterocycles. The van der Waals surface area contributed by atoms with E-state index in [0.29, 0.717) is 46.8 Å². The molecule has 0 amide bonds. The third-order valence-corrected chi connectivity index (χ3v) is 7.09. The fourth-order valence-electron chi connectivity index (χ4n) is 4.94. The van der Waals surface area contributed by atoms with E-state index in [2.05, 4.69) is 5.10 Å². The standard InChI is InChI=1S/C36H33FN2O4/c1-25-34(31-15-10-16-33(37)35(31)43-24-27-13-8-5-9-14-27)32(18-17-26-11-6-4-7-12-26)36(40)39(38-25)20-19-28-21-29(41-2)23-30(22-28)42-3/h4-18,21-23H,19-20,24H2,1-3H3. The maximum Gasteiger partial charge on any atom is 0.274 e. The molecule has 1 aromatic heterocycles. The molecule has 43 heavy (non-hydrogen) atoms. The van der Waals surface area contributed by atoms with Crippen molar-refractivity contribution in [3.05, 3.63) is 141 Å². The van der Waals surface area contributed by atoms with Gasteiger partial charge in [0.25, 0.3) is 5.56 Å². The van der Waals surface area contributed by atoms with Gasteiger partial charge in [-0.1, -0.05) is 78.9 Å². The molecule has 0 unspecified atom stereocenters. The van der Waals surface area contributed by atoms with Crippen LogP contribution in [-0.2, 0) is 19.6 Å². The predicted octanol–water partition coefficient (Wildman–Crippen LogP) is 7.37. The first-order valence-electron chi connectivity index (χ1n) is 14.0. The van der Waals surface area contributed by atoms with Crippen LogP contribution in [0.3, 0.4) is 0 Å². The molecule has 218 valence electrons. The van der Waals surface area contributed by atoms with Crippen LogP contribution in [0.15, 0.2) is 102 Å². The zero-order chi connectivity index (χ0) is 30.2. The van der Waals surface area contributed by atoms with Gasteiger partial charge >= 0.3 is 0 Å². The topological polar surface area (TPSA) is 62.6 Å². The Balaban J connectivity index is 1.58. The van der Waals surface area contributed by atoms with E-state index in [0.717, 1.165) is 16.7 Å². The first-order valence-corrected chi connectivity index (χ1v) is 14.0. The summed E-state index contributed by atoms with van der Waals surface area (Å²) in [6.07, 6.45) is 4.17. The van der Waals surface area contributed by atoms with Crippen LogP contribution in [-0.4, -0.2) is 24.0 Å². The van der Waals surface area contributed by atoms with E-state index >= 15 is 4.39 Å². The van der Waals surface area contributed by atoms with Gasteiger partial charge in [0.2, 0.25) is 0 Å². The minimum Gasteiger partial charge on any atom is -0.497 e. The first kappa shape index (κ1) is 29.3. The van der Waals surface area contributed by atoms with Gasteiger partial charge in [-0.05, 0) is 54.3 Å². The van der Waals surface area contributed by atoms with E-state index in [-0.39, 0.29) is 17.9 Å². The quantitative estimate of drug-likeness (QED) is 0.164. The van der Waals surface area contributed by atoms with Crippen molar-refractivity contribution < 1.29 is 18.6 Å². The Kier molecular flexibility index (Phi) is 9.32. The molecule has 5 rings (SSSR count). The lowest BCUT2D eigenvalue weighted by Crippen LogP contribution is -2.28. The summed E-state index contributed by atoms with van der Waals surface area (Å²) >= 11 is 0. The van der Waals surface area contributed by atoms with Gasteiger partial charge in [-0.3, -0.25) is 4.79 Å². The Morgan fingerprint density at radius 3 is 2.16 bits per heavy atom. The molecule has 4 aromatic carbocycles. The van der Waals surface area contributed by atoms with Crippen molar-refractivity contribution in [3.63, 3.8) is 0 Å². The van der Waals surface area contributed by atoms with Gasteiger partial charge < -0.3 is 14.2 Å². The SMILES string of the molecule is COc1cc(CCn2nc(C)c(-c3cccc(F)c3OCc3ccccc3)c(C=Cc3ccccc3)c2=O)cc(OC)c1. The number of hydrogen-bond donors (Lipinski definition) is 0. The van der Waals surface area contributed by atoms with Gasteiger partial charge in [0, 0.05) is 23.7 Å². The second-order valence-electron chi connectivity index (χ2n) is 10.0. The highest BCUT2D eigenvalue weighted by Crippen LogP contribution is 2.36. The summed E-state index contributed by atoms with van der Waals surface area (Å²) in [6.45, 7) is 2.33. The molecule has 0 bridgehead atoms. The molecule has 0 atom stereocenters. The van der Waals surface area contributed by atoms with Gasteiger partial charge in [0.15, 0.2) is 11.6 Å². The molecule has 0 radical (unpaired) electrons. The number of rotatable bonds is 11. The van der Waals surface area contributed by atoms with Crippen LogP contribution in [0.4, 0.5) is 4.39 Å².